The number of aliphatic hydroxyl groups is 1. The summed E-state index contributed by atoms with van der Waals surface area (Å²) in [6.07, 6.45) is 0. The van der Waals surface area contributed by atoms with Crippen LogP contribution in [0, 0.1) is 0 Å². The number of carbonyl (C=O) groups excluding carboxylic acids is 2. The number of para-hydroxylation sites is 1. The fourth-order valence-electron chi connectivity index (χ4n) is 4.42. The highest BCUT2D eigenvalue weighted by molar-refractivity contribution is 6.51. The van der Waals surface area contributed by atoms with Crippen LogP contribution < -0.4 is 14.4 Å². The molecule has 184 valence electrons. The van der Waals surface area contributed by atoms with Crippen LogP contribution in [0.4, 0.5) is 5.69 Å². The van der Waals surface area contributed by atoms with Gasteiger partial charge in [-0.1, -0.05) is 60.7 Å². The van der Waals surface area contributed by atoms with Crippen LogP contribution in [0.1, 0.15) is 22.7 Å². The van der Waals surface area contributed by atoms with Gasteiger partial charge in [0.1, 0.15) is 23.9 Å². The summed E-state index contributed by atoms with van der Waals surface area (Å²) in [5.41, 5.74) is 2.64. The standard InChI is InChI=1S/C31H25NO5/c1-36-25-17-15-22(16-18-25)29(33)27-28(32(31(35)30(27)34)24-12-6-3-7-13-24)23-11-8-14-26(19-23)37-20-21-9-4-2-5-10-21/h2-19,28,33H,20H2,1H3/b29-27-. The quantitative estimate of drug-likeness (QED) is 0.198. The molecule has 0 aliphatic carbocycles. The fourth-order valence-corrected chi connectivity index (χ4v) is 4.42. The summed E-state index contributed by atoms with van der Waals surface area (Å²) >= 11 is 0. The number of aliphatic hydroxyl groups excluding tert-OH is 1. The van der Waals surface area contributed by atoms with Crippen molar-refractivity contribution in [3.05, 3.63) is 131 Å². The van der Waals surface area contributed by atoms with Crippen molar-refractivity contribution in [1.82, 2.24) is 0 Å². The zero-order valence-corrected chi connectivity index (χ0v) is 20.2. The van der Waals surface area contributed by atoms with E-state index in [0.717, 1.165) is 5.56 Å². The topological polar surface area (TPSA) is 76.1 Å². The maximum absolute atomic E-state index is 13.3. The van der Waals surface area contributed by atoms with Crippen molar-refractivity contribution in [2.45, 2.75) is 12.6 Å². The zero-order valence-electron chi connectivity index (χ0n) is 20.2. The van der Waals surface area contributed by atoms with Crippen LogP contribution in [0.3, 0.4) is 0 Å². The molecule has 1 heterocycles. The van der Waals surface area contributed by atoms with Crippen LogP contribution >= 0.6 is 0 Å². The Morgan fingerprint density at radius 3 is 2.16 bits per heavy atom. The van der Waals surface area contributed by atoms with Crippen LogP contribution in [-0.2, 0) is 16.2 Å². The number of carbonyl (C=O) groups is 2. The van der Waals surface area contributed by atoms with Crippen molar-refractivity contribution in [3.63, 3.8) is 0 Å². The first kappa shape index (κ1) is 23.9. The van der Waals surface area contributed by atoms with Crippen LogP contribution in [0.5, 0.6) is 11.5 Å². The van der Waals surface area contributed by atoms with E-state index in [1.54, 1.807) is 61.7 Å². The van der Waals surface area contributed by atoms with E-state index in [-0.39, 0.29) is 11.3 Å². The van der Waals surface area contributed by atoms with E-state index in [2.05, 4.69) is 0 Å². The minimum Gasteiger partial charge on any atom is -0.507 e. The maximum Gasteiger partial charge on any atom is 0.300 e. The van der Waals surface area contributed by atoms with E-state index < -0.39 is 17.7 Å². The van der Waals surface area contributed by atoms with Crippen molar-refractivity contribution in [1.29, 1.82) is 0 Å². The summed E-state index contributed by atoms with van der Waals surface area (Å²) in [4.78, 5) is 28.1. The summed E-state index contributed by atoms with van der Waals surface area (Å²) in [7, 11) is 1.55. The molecule has 1 unspecified atom stereocenters. The zero-order chi connectivity index (χ0) is 25.8. The van der Waals surface area contributed by atoms with E-state index in [9.17, 15) is 14.7 Å². The molecular formula is C31H25NO5. The van der Waals surface area contributed by atoms with Gasteiger partial charge in [0.25, 0.3) is 11.7 Å². The van der Waals surface area contributed by atoms with Gasteiger partial charge in [0.05, 0.1) is 18.7 Å². The third-order valence-electron chi connectivity index (χ3n) is 6.26. The summed E-state index contributed by atoms with van der Waals surface area (Å²) in [5.74, 6) is -0.509. The molecule has 1 amide bonds. The Kier molecular flexibility index (Phi) is 6.72. The number of ether oxygens (including phenoxy) is 2. The number of Topliss-reactive ketones (excluding diaryl/α,β-unsaturated/α-hetero) is 1. The molecule has 1 aliphatic rings. The van der Waals surface area contributed by atoms with Crippen LogP contribution in [-0.4, -0.2) is 23.9 Å². The molecule has 0 aromatic heterocycles. The van der Waals surface area contributed by atoms with Crippen LogP contribution in [0.2, 0.25) is 0 Å². The van der Waals surface area contributed by atoms with Gasteiger partial charge in [-0.15, -0.1) is 0 Å². The van der Waals surface area contributed by atoms with E-state index in [4.69, 9.17) is 9.47 Å². The lowest BCUT2D eigenvalue weighted by Gasteiger charge is -2.25. The average Bonchev–Trinajstić information content (AvgIpc) is 3.22. The van der Waals surface area contributed by atoms with Gasteiger partial charge in [0.2, 0.25) is 0 Å². The molecular weight excluding hydrogens is 466 g/mol. The number of hydrogen-bond acceptors (Lipinski definition) is 5. The molecule has 4 aromatic carbocycles. The number of rotatable bonds is 7. The number of methoxy groups -OCH3 is 1. The Labute approximate surface area is 215 Å². The molecule has 1 atom stereocenters. The normalized spacial score (nSPS) is 16.6. The van der Waals surface area contributed by atoms with E-state index in [0.29, 0.717) is 34.9 Å². The largest absolute Gasteiger partial charge is 0.507 e. The minimum absolute atomic E-state index is 0.0132. The average molecular weight is 492 g/mol. The number of benzene rings is 4. The van der Waals surface area contributed by atoms with Crippen molar-refractivity contribution in [2.24, 2.45) is 0 Å². The van der Waals surface area contributed by atoms with E-state index in [1.807, 2.05) is 54.6 Å². The third-order valence-corrected chi connectivity index (χ3v) is 6.26. The van der Waals surface area contributed by atoms with Gasteiger partial charge in [0, 0.05) is 11.3 Å². The van der Waals surface area contributed by atoms with Gasteiger partial charge >= 0.3 is 0 Å². The number of anilines is 1. The van der Waals surface area contributed by atoms with Gasteiger partial charge < -0.3 is 14.6 Å². The number of nitrogens with zero attached hydrogens (tertiary/aromatic N) is 1. The second kappa shape index (κ2) is 10.4. The molecule has 1 fully saturated rings. The van der Waals surface area contributed by atoms with Crippen LogP contribution in [0.25, 0.3) is 5.76 Å². The lowest BCUT2D eigenvalue weighted by Crippen LogP contribution is -2.29. The highest BCUT2D eigenvalue weighted by Gasteiger charge is 2.47. The van der Waals surface area contributed by atoms with Crippen molar-refractivity contribution < 1.29 is 24.2 Å². The van der Waals surface area contributed by atoms with Gasteiger partial charge in [-0.3, -0.25) is 14.5 Å². The van der Waals surface area contributed by atoms with Crippen molar-refractivity contribution in [3.8, 4) is 11.5 Å². The molecule has 37 heavy (non-hydrogen) atoms. The predicted octanol–water partition coefficient (Wildman–Crippen LogP) is 5.90. The third kappa shape index (κ3) is 4.82. The second-order valence-electron chi connectivity index (χ2n) is 8.58. The molecule has 6 heteroatoms. The Morgan fingerprint density at radius 1 is 0.811 bits per heavy atom. The van der Waals surface area contributed by atoms with Crippen molar-refractivity contribution in [2.75, 3.05) is 12.0 Å². The molecule has 0 bridgehead atoms. The lowest BCUT2D eigenvalue weighted by atomic mass is 9.95. The smallest absolute Gasteiger partial charge is 0.300 e. The summed E-state index contributed by atoms with van der Waals surface area (Å²) < 4.78 is 11.2. The highest BCUT2D eigenvalue weighted by Crippen LogP contribution is 2.42. The first-order valence-electron chi connectivity index (χ1n) is 11.8. The van der Waals surface area contributed by atoms with Crippen molar-refractivity contribution >= 4 is 23.1 Å². The second-order valence-corrected chi connectivity index (χ2v) is 8.58. The van der Waals surface area contributed by atoms with Gasteiger partial charge in [-0.05, 0) is 59.7 Å². The number of hydrogen-bond donors (Lipinski definition) is 1. The Bertz CT molecular complexity index is 1450. The number of amides is 1. The Morgan fingerprint density at radius 2 is 1.49 bits per heavy atom. The Balaban J connectivity index is 1.59. The minimum atomic E-state index is -0.843. The molecule has 1 aliphatic heterocycles. The Hall–Kier alpha value is -4.84. The molecule has 0 spiro atoms. The lowest BCUT2D eigenvalue weighted by molar-refractivity contribution is -0.132. The SMILES string of the molecule is COc1ccc(/C(O)=C2/C(=O)C(=O)N(c3ccccc3)C2c2cccc(OCc3ccccc3)c2)cc1. The first-order valence-corrected chi connectivity index (χ1v) is 11.8. The molecule has 6 nitrogen and oxygen atoms in total. The summed E-state index contributed by atoms with van der Waals surface area (Å²) in [5, 5.41) is 11.3. The number of ketones is 1. The predicted molar refractivity (Wildman–Crippen MR) is 141 cm³/mol. The van der Waals surface area contributed by atoms with Gasteiger partial charge in [0.15, 0.2) is 0 Å². The maximum atomic E-state index is 13.3. The van der Waals surface area contributed by atoms with Gasteiger partial charge in [-0.2, -0.15) is 0 Å². The van der Waals surface area contributed by atoms with E-state index in [1.165, 1.54) is 4.90 Å². The molecule has 5 rings (SSSR count). The monoisotopic (exact) mass is 491 g/mol. The summed E-state index contributed by atoms with van der Waals surface area (Å²) in [6, 6.07) is 31.9. The summed E-state index contributed by atoms with van der Waals surface area (Å²) in [6.45, 7) is 0.370. The first-order chi connectivity index (χ1) is 18.1. The highest BCUT2D eigenvalue weighted by atomic mass is 16.5. The van der Waals surface area contributed by atoms with Crippen LogP contribution in [0.15, 0.2) is 115 Å². The molecule has 0 saturated carbocycles. The van der Waals surface area contributed by atoms with Gasteiger partial charge in [-0.25, -0.2) is 0 Å². The molecule has 4 aromatic rings. The fraction of sp³-hybridized carbons (Fsp3) is 0.0968. The molecule has 1 saturated heterocycles. The molecule has 1 N–H and O–H groups in total. The van der Waals surface area contributed by atoms with E-state index >= 15 is 0 Å². The molecule has 0 radical (unpaired) electrons.